The SMILES string of the molecule is COC(=O)c1cccc(NN)c1Cl.Cl. The molecule has 3 N–H and O–H groups in total. The van der Waals surface area contributed by atoms with Gasteiger partial charge in [-0.1, -0.05) is 17.7 Å². The molecule has 0 heterocycles. The summed E-state index contributed by atoms with van der Waals surface area (Å²) in [6, 6.07) is 4.89. The van der Waals surface area contributed by atoms with Gasteiger partial charge < -0.3 is 10.2 Å². The zero-order chi connectivity index (χ0) is 9.84. The number of carbonyl (C=O) groups is 1. The Bertz CT molecular complexity index is 331. The quantitative estimate of drug-likeness (QED) is 0.468. The van der Waals surface area contributed by atoms with Crippen LogP contribution in [0.5, 0.6) is 0 Å². The van der Waals surface area contributed by atoms with Crippen LogP contribution < -0.4 is 11.3 Å². The first-order valence-corrected chi connectivity index (χ1v) is 3.92. The summed E-state index contributed by atoms with van der Waals surface area (Å²) in [5.41, 5.74) is 3.16. The Balaban J connectivity index is 0.00000169. The number of rotatable bonds is 2. The van der Waals surface area contributed by atoms with Gasteiger partial charge in [0.15, 0.2) is 0 Å². The molecular weight excluding hydrogens is 227 g/mol. The normalized spacial score (nSPS) is 8.79. The molecule has 1 aromatic rings. The lowest BCUT2D eigenvalue weighted by Crippen LogP contribution is -2.09. The molecule has 0 amide bonds. The first-order chi connectivity index (χ1) is 6.20. The molecule has 0 aliphatic heterocycles. The minimum atomic E-state index is -0.484. The summed E-state index contributed by atoms with van der Waals surface area (Å²) in [7, 11) is 1.29. The van der Waals surface area contributed by atoms with Crippen molar-refractivity contribution in [2.75, 3.05) is 12.5 Å². The number of esters is 1. The minimum absolute atomic E-state index is 0. The molecule has 0 spiro atoms. The van der Waals surface area contributed by atoms with Gasteiger partial charge >= 0.3 is 5.97 Å². The van der Waals surface area contributed by atoms with E-state index in [9.17, 15) is 4.79 Å². The highest BCUT2D eigenvalue weighted by atomic mass is 35.5. The fourth-order valence-corrected chi connectivity index (χ4v) is 1.17. The zero-order valence-corrected chi connectivity index (χ0v) is 8.98. The first kappa shape index (κ1) is 13.0. The van der Waals surface area contributed by atoms with Crippen LogP contribution in [0.3, 0.4) is 0 Å². The fourth-order valence-electron chi connectivity index (χ4n) is 0.911. The van der Waals surface area contributed by atoms with Crippen molar-refractivity contribution in [2.24, 2.45) is 5.84 Å². The third-order valence-corrected chi connectivity index (χ3v) is 1.97. The summed E-state index contributed by atoms with van der Waals surface area (Å²) in [5.74, 6) is 4.69. The first-order valence-electron chi connectivity index (χ1n) is 3.54. The summed E-state index contributed by atoms with van der Waals surface area (Å²) in [6.45, 7) is 0. The Morgan fingerprint density at radius 3 is 2.71 bits per heavy atom. The van der Waals surface area contributed by atoms with Gasteiger partial charge in [-0.15, -0.1) is 12.4 Å². The Labute approximate surface area is 92.8 Å². The molecule has 0 atom stereocenters. The molecule has 1 rings (SSSR count). The predicted molar refractivity (Wildman–Crippen MR) is 57.8 cm³/mol. The van der Waals surface area contributed by atoms with Crippen molar-refractivity contribution in [3.8, 4) is 0 Å². The van der Waals surface area contributed by atoms with Gasteiger partial charge in [0.1, 0.15) is 0 Å². The number of carbonyl (C=O) groups excluding carboxylic acids is 1. The summed E-state index contributed by atoms with van der Waals surface area (Å²) < 4.78 is 4.52. The molecule has 0 radical (unpaired) electrons. The number of hydrazine groups is 1. The lowest BCUT2D eigenvalue weighted by atomic mass is 10.2. The van der Waals surface area contributed by atoms with Gasteiger partial charge in [-0.05, 0) is 12.1 Å². The van der Waals surface area contributed by atoms with E-state index < -0.39 is 5.97 Å². The highest BCUT2D eigenvalue weighted by Gasteiger charge is 2.12. The number of anilines is 1. The number of benzene rings is 1. The van der Waals surface area contributed by atoms with E-state index in [1.165, 1.54) is 7.11 Å². The van der Waals surface area contributed by atoms with E-state index in [4.69, 9.17) is 17.4 Å². The molecule has 0 saturated heterocycles. The molecule has 0 aromatic heterocycles. The highest BCUT2D eigenvalue weighted by Crippen LogP contribution is 2.25. The summed E-state index contributed by atoms with van der Waals surface area (Å²) in [6.07, 6.45) is 0. The predicted octanol–water partition coefficient (Wildman–Crippen LogP) is 1.83. The minimum Gasteiger partial charge on any atom is -0.465 e. The Morgan fingerprint density at radius 2 is 2.21 bits per heavy atom. The molecule has 78 valence electrons. The van der Waals surface area contributed by atoms with Crippen LogP contribution in [0, 0.1) is 0 Å². The van der Waals surface area contributed by atoms with Gasteiger partial charge in [0.25, 0.3) is 0 Å². The van der Waals surface area contributed by atoms with Crippen LogP contribution >= 0.6 is 24.0 Å². The van der Waals surface area contributed by atoms with Crippen molar-refractivity contribution in [1.82, 2.24) is 0 Å². The van der Waals surface area contributed by atoms with Crippen LogP contribution in [0.15, 0.2) is 18.2 Å². The van der Waals surface area contributed by atoms with Crippen molar-refractivity contribution in [3.05, 3.63) is 28.8 Å². The van der Waals surface area contributed by atoms with Crippen molar-refractivity contribution in [3.63, 3.8) is 0 Å². The number of halogens is 2. The second-order valence-corrected chi connectivity index (χ2v) is 2.68. The Hall–Kier alpha value is -0.970. The number of nitrogens with one attached hydrogen (secondary N) is 1. The third kappa shape index (κ3) is 2.51. The Kier molecular flexibility index (Phi) is 5.30. The molecule has 0 saturated carbocycles. The maximum Gasteiger partial charge on any atom is 0.339 e. The summed E-state index contributed by atoms with van der Waals surface area (Å²) in [5, 5.41) is 0.261. The number of ether oxygens (including phenoxy) is 1. The fraction of sp³-hybridized carbons (Fsp3) is 0.125. The lowest BCUT2D eigenvalue weighted by molar-refractivity contribution is 0.0601. The smallest absolute Gasteiger partial charge is 0.339 e. The molecule has 14 heavy (non-hydrogen) atoms. The molecule has 4 nitrogen and oxygen atoms in total. The largest absolute Gasteiger partial charge is 0.465 e. The van der Waals surface area contributed by atoms with Gasteiger partial charge in [-0.3, -0.25) is 5.84 Å². The molecule has 0 aliphatic rings. The van der Waals surface area contributed by atoms with E-state index >= 15 is 0 Å². The van der Waals surface area contributed by atoms with Gasteiger partial charge in [0, 0.05) is 0 Å². The van der Waals surface area contributed by atoms with E-state index in [-0.39, 0.29) is 17.4 Å². The molecule has 0 aliphatic carbocycles. The molecular formula is C8H10Cl2N2O2. The van der Waals surface area contributed by atoms with Gasteiger partial charge in [0.05, 0.1) is 23.4 Å². The van der Waals surface area contributed by atoms with Crippen LogP contribution in [0.2, 0.25) is 5.02 Å². The standard InChI is InChI=1S/C8H9ClN2O2.ClH/c1-13-8(12)5-3-2-4-6(11-10)7(5)9;/h2-4,11H,10H2,1H3;1H. The van der Waals surface area contributed by atoms with Crippen LogP contribution in [0.4, 0.5) is 5.69 Å². The second-order valence-electron chi connectivity index (χ2n) is 2.30. The van der Waals surface area contributed by atoms with Crippen LogP contribution in [0.25, 0.3) is 0 Å². The number of hydrogen-bond acceptors (Lipinski definition) is 4. The molecule has 0 bridgehead atoms. The molecule has 0 unspecified atom stereocenters. The van der Waals surface area contributed by atoms with Gasteiger partial charge in [0.2, 0.25) is 0 Å². The van der Waals surface area contributed by atoms with E-state index in [0.29, 0.717) is 11.3 Å². The average Bonchev–Trinajstić information content (AvgIpc) is 2.17. The number of methoxy groups -OCH3 is 1. The van der Waals surface area contributed by atoms with E-state index in [1.54, 1.807) is 18.2 Å². The number of nitrogen functional groups attached to an aromatic ring is 1. The van der Waals surface area contributed by atoms with Crippen molar-refractivity contribution in [1.29, 1.82) is 0 Å². The van der Waals surface area contributed by atoms with Gasteiger partial charge in [-0.25, -0.2) is 4.79 Å². The zero-order valence-electron chi connectivity index (χ0n) is 7.41. The highest BCUT2D eigenvalue weighted by molar-refractivity contribution is 6.36. The number of hydrogen-bond donors (Lipinski definition) is 2. The summed E-state index contributed by atoms with van der Waals surface area (Å²) in [4.78, 5) is 11.1. The average molecular weight is 237 g/mol. The number of nitrogens with two attached hydrogens (primary N) is 1. The molecule has 1 aromatic carbocycles. The third-order valence-electron chi connectivity index (χ3n) is 1.56. The van der Waals surface area contributed by atoms with E-state index in [1.807, 2.05) is 0 Å². The Morgan fingerprint density at radius 1 is 1.57 bits per heavy atom. The van der Waals surface area contributed by atoms with E-state index in [0.717, 1.165) is 0 Å². The molecule has 6 heteroatoms. The maximum absolute atomic E-state index is 11.1. The van der Waals surface area contributed by atoms with Crippen LogP contribution in [-0.2, 0) is 4.74 Å². The van der Waals surface area contributed by atoms with Crippen molar-refractivity contribution < 1.29 is 9.53 Å². The monoisotopic (exact) mass is 236 g/mol. The lowest BCUT2D eigenvalue weighted by Gasteiger charge is -2.06. The van der Waals surface area contributed by atoms with E-state index in [2.05, 4.69) is 10.2 Å². The topological polar surface area (TPSA) is 64.3 Å². The van der Waals surface area contributed by atoms with Crippen LogP contribution in [0.1, 0.15) is 10.4 Å². The summed E-state index contributed by atoms with van der Waals surface area (Å²) >= 11 is 5.84. The van der Waals surface area contributed by atoms with Gasteiger partial charge in [-0.2, -0.15) is 0 Å². The van der Waals surface area contributed by atoms with Crippen molar-refractivity contribution >= 4 is 35.7 Å². The second kappa shape index (κ2) is 5.70. The molecule has 0 fully saturated rings. The maximum atomic E-state index is 11.1. The van der Waals surface area contributed by atoms with Crippen molar-refractivity contribution in [2.45, 2.75) is 0 Å². The van der Waals surface area contributed by atoms with Crippen LogP contribution in [-0.4, -0.2) is 13.1 Å².